The van der Waals surface area contributed by atoms with Crippen LogP contribution in [-0.4, -0.2) is 16.7 Å². The number of nitrogens with two attached hydrogens (primary N) is 1. The first-order valence-electron chi connectivity index (χ1n) is 6.52. The third-order valence-electron chi connectivity index (χ3n) is 3.39. The molecule has 0 amide bonds. The minimum absolute atomic E-state index is 0.504. The molecular formula is C16H17N3O. The van der Waals surface area contributed by atoms with E-state index in [0.717, 1.165) is 27.8 Å². The van der Waals surface area contributed by atoms with E-state index >= 15 is 0 Å². The maximum Gasteiger partial charge on any atom is 0.205 e. The molecule has 0 aliphatic heterocycles. The summed E-state index contributed by atoms with van der Waals surface area (Å²) in [5.74, 6) is 0.504. The zero-order valence-corrected chi connectivity index (χ0v) is 11.6. The highest BCUT2D eigenvalue weighted by molar-refractivity contribution is 5.83. The van der Waals surface area contributed by atoms with Crippen molar-refractivity contribution in [2.75, 3.05) is 12.8 Å². The zero-order valence-electron chi connectivity index (χ0n) is 11.6. The lowest BCUT2D eigenvalue weighted by molar-refractivity contribution is 0.185. The summed E-state index contributed by atoms with van der Waals surface area (Å²) in [6, 6.07) is 14.2. The lowest BCUT2D eigenvalue weighted by atomic mass is 10.2. The number of fused-ring (bicyclic) bond motifs is 1. The van der Waals surface area contributed by atoms with Gasteiger partial charge in [-0.3, -0.25) is 4.57 Å². The number of nitrogens with zero attached hydrogens (tertiary/aromatic N) is 2. The third kappa shape index (κ3) is 2.04. The largest absolute Gasteiger partial charge is 0.380 e. The highest BCUT2D eigenvalue weighted by atomic mass is 16.5. The summed E-state index contributed by atoms with van der Waals surface area (Å²) in [7, 11) is 1.69. The molecule has 4 nitrogen and oxygen atoms in total. The van der Waals surface area contributed by atoms with Crippen molar-refractivity contribution in [1.82, 2.24) is 9.55 Å². The normalized spacial score (nSPS) is 11.1. The number of aromatic nitrogens is 2. The molecular weight excluding hydrogens is 250 g/mol. The number of aryl methyl sites for hydroxylation is 1. The number of nitrogen functional groups attached to an aromatic ring is 1. The predicted molar refractivity (Wildman–Crippen MR) is 80.9 cm³/mol. The Labute approximate surface area is 117 Å². The van der Waals surface area contributed by atoms with Gasteiger partial charge in [-0.2, -0.15) is 0 Å². The number of methoxy groups -OCH3 is 1. The first kappa shape index (κ1) is 12.7. The van der Waals surface area contributed by atoms with E-state index in [1.54, 1.807) is 7.11 Å². The smallest absolute Gasteiger partial charge is 0.205 e. The van der Waals surface area contributed by atoms with E-state index in [2.05, 4.69) is 11.1 Å². The second-order valence-corrected chi connectivity index (χ2v) is 4.85. The molecule has 2 N–H and O–H groups in total. The molecule has 0 spiro atoms. The van der Waals surface area contributed by atoms with Gasteiger partial charge in [-0.1, -0.05) is 24.3 Å². The second kappa shape index (κ2) is 4.98. The third-order valence-corrected chi connectivity index (χ3v) is 3.39. The Kier molecular flexibility index (Phi) is 3.16. The molecule has 0 atom stereocenters. The molecule has 0 fully saturated rings. The van der Waals surface area contributed by atoms with E-state index in [0.29, 0.717) is 12.6 Å². The Morgan fingerprint density at radius 1 is 1.20 bits per heavy atom. The average molecular weight is 267 g/mol. The standard InChI is InChI=1S/C16H17N3O/c1-11-5-3-8-14-15(11)18-16(17)19(14)13-7-4-6-12(9-13)10-20-2/h3-9H,10H2,1-2H3,(H2,17,18). The number of hydrogen-bond acceptors (Lipinski definition) is 3. The molecule has 2 aromatic carbocycles. The molecule has 0 radical (unpaired) electrons. The summed E-state index contributed by atoms with van der Waals surface area (Å²) in [6.07, 6.45) is 0. The number of anilines is 1. The maximum atomic E-state index is 6.10. The van der Waals surface area contributed by atoms with Gasteiger partial charge >= 0.3 is 0 Å². The highest BCUT2D eigenvalue weighted by Crippen LogP contribution is 2.25. The number of benzene rings is 2. The lowest BCUT2D eigenvalue weighted by Crippen LogP contribution is -2.01. The van der Waals surface area contributed by atoms with Crippen LogP contribution in [-0.2, 0) is 11.3 Å². The van der Waals surface area contributed by atoms with Gasteiger partial charge < -0.3 is 10.5 Å². The fourth-order valence-electron chi connectivity index (χ4n) is 2.48. The molecule has 1 heterocycles. The summed E-state index contributed by atoms with van der Waals surface area (Å²) in [5.41, 5.74) is 11.3. The van der Waals surface area contributed by atoms with Crippen molar-refractivity contribution < 1.29 is 4.74 Å². The molecule has 0 saturated heterocycles. The van der Waals surface area contributed by atoms with Crippen LogP contribution in [0.1, 0.15) is 11.1 Å². The summed E-state index contributed by atoms with van der Waals surface area (Å²) < 4.78 is 7.15. The molecule has 1 aromatic heterocycles. The molecule has 3 rings (SSSR count). The van der Waals surface area contributed by atoms with Crippen LogP contribution in [0.4, 0.5) is 5.95 Å². The van der Waals surface area contributed by atoms with Gasteiger partial charge in [-0.15, -0.1) is 0 Å². The predicted octanol–water partition coefficient (Wildman–Crippen LogP) is 3.06. The number of rotatable bonds is 3. The molecule has 20 heavy (non-hydrogen) atoms. The van der Waals surface area contributed by atoms with Crippen molar-refractivity contribution >= 4 is 17.0 Å². The van der Waals surface area contributed by atoms with Gasteiger partial charge in [-0.05, 0) is 36.2 Å². The molecule has 0 aliphatic carbocycles. The fraction of sp³-hybridized carbons (Fsp3) is 0.188. The second-order valence-electron chi connectivity index (χ2n) is 4.85. The Hall–Kier alpha value is -2.33. The summed E-state index contributed by atoms with van der Waals surface area (Å²) in [4.78, 5) is 4.47. The molecule has 3 aromatic rings. The molecule has 0 unspecified atom stereocenters. The maximum absolute atomic E-state index is 6.10. The average Bonchev–Trinajstić information content (AvgIpc) is 2.77. The van der Waals surface area contributed by atoms with Crippen LogP contribution < -0.4 is 5.73 Å². The minimum Gasteiger partial charge on any atom is -0.380 e. The Morgan fingerprint density at radius 3 is 2.80 bits per heavy atom. The SMILES string of the molecule is COCc1cccc(-n2c(N)nc3c(C)cccc32)c1. The van der Waals surface area contributed by atoms with Crippen molar-refractivity contribution in [3.63, 3.8) is 0 Å². The first-order chi connectivity index (χ1) is 9.70. The van der Waals surface area contributed by atoms with Crippen molar-refractivity contribution in [3.8, 4) is 5.69 Å². The summed E-state index contributed by atoms with van der Waals surface area (Å²) in [5, 5.41) is 0. The quantitative estimate of drug-likeness (QED) is 0.793. The monoisotopic (exact) mass is 267 g/mol. The molecule has 0 bridgehead atoms. The molecule has 0 saturated carbocycles. The van der Waals surface area contributed by atoms with Crippen LogP contribution in [0.3, 0.4) is 0 Å². The van der Waals surface area contributed by atoms with Crippen molar-refractivity contribution in [2.45, 2.75) is 13.5 Å². The Balaban J connectivity index is 2.21. The van der Waals surface area contributed by atoms with Crippen molar-refractivity contribution in [2.24, 2.45) is 0 Å². The molecule has 102 valence electrons. The number of hydrogen-bond donors (Lipinski definition) is 1. The van der Waals surface area contributed by atoms with Crippen LogP contribution >= 0.6 is 0 Å². The molecule has 4 heteroatoms. The van der Waals surface area contributed by atoms with Gasteiger partial charge in [0, 0.05) is 12.8 Å². The van der Waals surface area contributed by atoms with Crippen molar-refractivity contribution in [3.05, 3.63) is 53.6 Å². The van der Waals surface area contributed by atoms with Gasteiger partial charge in [0.2, 0.25) is 5.95 Å². The van der Waals surface area contributed by atoms with Gasteiger partial charge in [-0.25, -0.2) is 4.98 Å². The van der Waals surface area contributed by atoms with Gasteiger partial charge in [0.1, 0.15) is 0 Å². The Bertz CT molecular complexity index is 762. The van der Waals surface area contributed by atoms with Crippen LogP contribution in [0, 0.1) is 6.92 Å². The van der Waals surface area contributed by atoms with Crippen molar-refractivity contribution in [1.29, 1.82) is 0 Å². The Morgan fingerprint density at radius 2 is 2.00 bits per heavy atom. The topological polar surface area (TPSA) is 53.1 Å². The van der Waals surface area contributed by atoms with E-state index in [9.17, 15) is 0 Å². The highest BCUT2D eigenvalue weighted by Gasteiger charge is 2.11. The van der Waals surface area contributed by atoms with Gasteiger partial charge in [0.15, 0.2) is 0 Å². The van der Waals surface area contributed by atoms with E-state index in [1.807, 2.05) is 47.9 Å². The van der Waals surface area contributed by atoms with Crippen LogP contribution in [0.2, 0.25) is 0 Å². The van der Waals surface area contributed by atoms with E-state index in [-0.39, 0.29) is 0 Å². The fourth-order valence-corrected chi connectivity index (χ4v) is 2.48. The van der Waals surface area contributed by atoms with Gasteiger partial charge in [0.25, 0.3) is 0 Å². The van der Waals surface area contributed by atoms with Gasteiger partial charge in [0.05, 0.1) is 17.6 Å². The van der Waals surface area contributed by atoms with E-state index in [4.69, 9.17) is 10.5 Å². The summed E-state index contributed by atoms with van der Waals surface area (Å²) in [6.45, 7) is 2.62. The van der Waals surface area contributed by atoms with Crippen LogP contribution in [0.5, 0.6) is 0 Å². The van der Waals surface area contributed by atoms with Crippen LogP contribution in [0.25, 0.3) is 16.7 Å². The number of imidazole rings is 1. The number of ether oxygens (including phenoxy) is 1. The van der Waals surface area contributed by atoms with E-state index in [1.165, 1.54) is 0 Å². The summed E-state index contributed by atoms with van der Waals surface area (Å²) >= 11 is 0. The minimum atomic E-state index is 0.504. The van der Waals surface area contributed by atoms with Crippen LogP contribution in [0.15, 0.2) is 42.5 Å². The zero-order chi connectivity index (χ0) is 14.1. The van der Waals surface area contributed by atoms with E-state index < -0.39 is 0 Å². The lowest BCUT2D eigenvalue weighted by Gasteiger charge is -2.08. The molecule has 0 aliphatic rings. The first-order valence-corrected chi connectivity index (χ1v) is 6.52. The number of para-hydroxylation sites is 1.